The molecule has 3 nitrogen and oxygen atoms in total. The third-order valence-corrected chi connectivity index (χ3v) is 3.84. The second-order valence-electron chi connectivity index (χ2n) is 4.69. The van der Waals surface area contributed by atoms with Crippen LogP contribution in [0.3, 0.4) is 0 Å². The van der Waals surface area contributed by atoms with Crippen LogP contribution < -0.4 is 5.56 Å². The topological polar surface area (TPSA) is 34.9 Å². The van der Waals surface area contributed by atoms with Gasteiger partial charge in [-0.25, -0.2) is 4.98 Å². The van der Waals surface area contributed by atoms with Crippen LogP contribution in [0.4, 0.5) is 0 Å². The summed E-state index contributed by atoms with van der Waals surface area (Å²) in [4.78, 5) is 17.0. The van der Waals surface area contributed by atoms with E-state index < -0.39 is 0 Å². The number of aryl methyl sites for hydroxylation is 1. The van der Waals surface area contributed by atoms with Crippen molar-refractivity contribution >= 4 is 26.8 Å². The largest absolute Gasteiger partial charge is 0.292 e. The van der Waals surface area contributed by atoms with Crippen molar-refractivity contribution in [2.24, 2.45) is 0 Å². The zero-order valence-corrected chi connectivity index (χ0v) is 12.6. The van der Waals surface area contributed by atoms with E-state index in [1.807, 2.05) is 55.5 Å². The van der Waals surface area contributed by atoms with Gasteiger partial charge in [0.2, 0.25) is 0 Å². The molecule has 0 spiro atoms. The van der Waals surface area contributed by atoms with Crippen LogP contribution in [0, 0.1) is 6.92 Å². The molecule has 1 aromatic heterocycles. The summed E-state index contributed by atoms with van der Waals surface area (Å²) < 4.78 is 2.74. The highest BCUT2D eigenvalue weighted by molar-refractivity contribution is 9.10. The average molecular weight is 329 g/mol. The Morgan fingerprint density at radius 1 is 1.10 bits per heavy atom. The molecule has 1 heterocycles. The maximum absolute atomic E-state index is 12.5. The van der Waals surface area contributed by atoms with Crippen molar-refractivity contribution in [3.05, 3.63) is 74.7 Å². The molecule has 0 bridgehead atoms. The monoisotopic (exact) mass is 328 g/mol. The van der Waals surface area contributed by atoms with Crippen LogP contribution in [-0.2, 0) is 6.54 Å². The summed E-state index contributed by atoms with van der Waals surface area (Å²) in [7, 11) is 0. The van der Waals surface area contributed by atoms with Crippen LogP contribution in [0.5, 0.6) is 0 Å². The number of benzene rings is 2. The summed E-state index contributed by atoms with van der Waals surface area (Å²) in [5.41, 5.74) is 1.84. The Bertz CT molecular complexity index is 822. The number of aromatic nitrogens is 2. The predicted molar refractivity (Wildman–Crippen MR) is 84.0 cm³/mol. The fraction of sp³-hybridized carbons (Fsp3) is 0.125. The van der Waals surface area contributed by atoms with Crippen molar-refractivity contribution in [1.29, 1.82) is 0 Å². The Hall–Kier alpha value is -1.94. The first-order valence-electron chi connectivity index (χ1n) is 6.36. The summed E-state index contributed by atoms with van der Waals surface area (Å²) in [5, 5.41) is 0.662. The first kappa shape index (κ1) is 13.1. The third-order valence-electron chi connectivity index (χ3n) is 3.31. The van der Waals surface area contributed by atoms with Gasteiger partial charge in [0.15, 0.2) is 0 Å². The molecule has 4 heteroatoms. The number of hydrogen-bond donors (Lipinski definition) is 0. The number of halogens is 1. The Labute approximate surface area is 125 Å². The van der Waals surface area contributed by atoms with Crippen molar-refractivity contribution in [1.82, 2.24) is 9.55 Å². The quantitative estimate of drug-likeness (QED) is 0.721. The van der Waals surface area contributed by atoms with E-state index >= 15 is 0 Å². The summed E-state index contributed by atoms with van der Waals surface area (Å²) in [6.07, 6.45) is 0. The van der Waals surface area contributed by atoms with Crippen molar-refractivity contribution in [2.45, 2.75) is 13.5 Å². The van der Waals surface area contributed by atoms with Gasteiger partial charge in [-0.2, -0.15) is 0 Å². The third kappa shape index (κ3) is 2.39. The van der Waals surface area contributed by atoms with Crippen molar-refractivity contribution in [3.8, 4) is 0 Å². The summed E-state index contributed by atoms with van der Waals surface area (Å²) in [6, 6.07) is 15.4. The Balaban J connectivity index is 2.11. The molecular formula is C16H13BrN2O. The fourth-order valence-electron chi connectivity index (χ4n) is 2.24. The maximum Gasteiger partial charge on any atom is 0.261 e. The van der Waals surface area contributed by atoms with Gasteiger partial charge >= 0.3 is 0 Å². The SMILES string of the molecule is Cc1nc2ccccc2c(=O)n1Cc1ccc(Br)cc1. The van der Waals surface area contributed by atoms with Gasteiger partial charge in [-0.3, -0.25) is 9.36 Å². The molecule has 0 saturated heterocycles. The number of rotatable bonds is 2. The zero-order chi connectivity index (χ0) is 14.1. The molecule has 0 N–H and O–H groups in total. The molecule has 0 aliphatic carbocycles. The number of nitrogens with zero attached hydrogens (tertiary/aromatic N) is 2. The zero-order valence-electron chi connectivity index (χ0n) is 11.0. The summed E-state index contributed by atoms with van der Waals surface area (Å²) >= 11 is 3.41. The minimum absolute atomic E-state index is 0.0102. The van der Waals surface area contributed by atoms with E-state index in [2.05, 4.69) is 20.9 Å². The van der Waals surface area contributed by atoms with Gasteiger partial charge in [0.05, 0.1) is 17.4 Å². The second kappa shape index (κ2) is 5.21. The van der Waals surface area contributed by atoms with Crippen LogP contribution in [0.15, 0.2) is 57.8 Å². The van der Waals surface area contributed by atoms with E-state index in [1.54, 1.807) is 4.57 Å². The first-order valence-corrected chi connectivity index (χ1v) is 7.15. The van der Waals surface area contributed by atoms with Gasteiger partial charge in [0.25, 0.3) is 5.56 Å². The Morgan fingerprint density at radius 2 is 1.80 bits per heavy atom. The van der Waals surface area contributed by atoms with E-state index in [9.17, 15) is 4.79 Å². The highest BCUT2D eigenvalue weighted by Gasteiger charge is 2.07. The van der Waals surface area contributed by atoms with E-state index in [0.717, 1.165) is 21.4 Å². The average Bonchev–Trinajstić information content (AvgIpc) is 2.45. The van der Waals surface area contributed by atoms with E-state index in [0.29, 0.717) is 11.9 Å². The normalized spacial score (nSPS) is 10.9. The molecule has 3 rings (SSSR count). The van der Waals surface area contributed by atoms with Crippen LogP contribution in [0.1, 0.15) is 11.4 Å². The molecule has 0 saturated carbocycles. The van der Waals surface area contributed by atoms with Gasteiger partial charge in [-0.15, -0.1) is 0 Å². The standard InChI is InChI=1S/C16H13BrN2O/c1-11-18-15-5-3-2-4-14(15)16(20)19(11)10-12-6-8-13(17)9-7-12/h2-9H,10H2,1H3. The van der Waals surface area contributed by atoms with Gasteiger partial charge in [-0.05, 0) is 36.8 Å². The van der Waals surface area contributed by atoms with Gasteiger partial charge < -0.3 is 0 Å². The molecule has 0 atom stereocenters. The summed E-state index contributed by atoms with van der Waals surface area (Å²) in [6.45, 7) is 2.41. The van der Waals surface area contributed by atoms with Crippen molar-refractivity contribution < 1.29 is 0 Å². The number of fused-ring (bicyclic) bond motifs is 1. The van der Waals surface area contributed by atoms with Crippen molar-refractivity contribution in [2.75, 3.05) is 0 Å². The summed E-state index contributed by atoms with van der Waals surface area (Å²) in [5.74, 6) is 0.733. The molecule has 0 aliphatic rings. The highest BCUT2D eigenvalue weighted by atomic mass is 79.9. The fourth-order valence-corrected chi connectivity index (χ4v) is 2.50. The van der Waals surface area contributed by atoms with Crippen LogP contribution in [0.2, 0.25) is 0 Å². The van der Waals surface area contributed by atoms with Gasteiger partial charge in [0, 0.05) is 4.47 Å². The maximum atomic E-state index is 12.5. The van der Waals surface area contributed by atoms with Crippen molar-refractivity contribution in [3.63, 3.8) is 0 Å². The lowest BCUT2D eigenvalue weighted by molar-refractivity contribution is 0.712. The Kier molecular flexibility index (Phi) is 3.40. The second-order valence-corrected chi connectivity index (χ2v) is 5.61. The molecule has 0 radical (unpaired) electrons. The predicted octanol–water partition coefficient (Wildman–Crippen LogP) is 3.52. The van der Waals surface area contributed by atoms with E-state index in [1.165, 1.54) is 0 Å². The molecule has 0 amide bonds. The molecule has 0 unspecified atom stereocenters. The van der Waals surface area contributed by atoms with Gasteiger partial charge in [-0.1, -0.05) is 40.2 Å². The smallest absolute Gasteiger partial charge is 0.261 e. The molecule has 0 fully saturated rings. The lowest BCUT2D eigenvalue weighted by Gasteiger charge is -2.10. The number of para-hydroxylation sites is 1. The molecule has 20 heavy (non-hydrogen) atoms. The lowest BCUT2D eigenvalue weighted by atomic mass is 10.2. The number of hydrogen-bond acceptors (Lipinski definition) is 2. The van der Waals surface area contributed by atoms with Crippen LogP contribution in [-0.4, -0.2) is 9.55 Å². The highest BCUT2D eigenvalue weighted by Crippen LogP contribution is 2.13. The van der Waals surface area contributed by atoms with Gasteiger partial charge in [0.1, 0.15) is 5.82 Å². The molecule has 100 valence electrons. The van der Waals surface area contributed by atoms with E-state index in [4.69, 9.17) is 0 Å². The van der Waals surface area contributed by atoms with E-state index in [-0.39, 0.29) is 5.56 Å². The minimum atomic E-state index is 0.0102. The van der Waals surface area contributed by atoms with Crippen LogP contribution >= 0.6 is 15.9 Å². The molecule has 2 aromatic carbocycles. The molecule has 3 aromatic rings. The minimum Gasteiger partial charge on any atom is -0.292 e. The molecule has 0 aliphatic heterocycles. The molecular weight excluding hydrogens is 316 g/mol. The van der Waals surface area contributed by atoms with Crippen LogP contribution in [0.25, 0.3) is 10.9 Å². The Morgan fingerprint density at radius 3 is 2.55 bits per heavy atom. The first-order chi connectivity index (χ1) is 9.65. The lowest BCUT2D eigenvalue weighted by Crippen LogP contribution is -2.24.